The van der Waals surface area contributed by atoms with Crippen LogP contribution < -0.4 is 15.5 Å². The number of carbonyl (C=O) groups is 1. The average molecular weight is 261 g/mol. The molecule has 19 heavy (non-hydrogen) atoms. The van der Waals surface area contributed by atoms with Gasteiger partial charge in [-0.25, -0.2) is 0 Å². The highest BCUT2D eigenvalue weighted by molar-refractivity contribution is 5.95. The van der Waals surface area contributed by atoms with Crippen LogP contribution in [0.3, 0.4) is 0 Å². The molecule has 1 aromatic rings. The number of rotatable bonds is 3. The van der Waals surface area contributed by atoms with Gasteiger partial charge in [0.1, 0.15) is 0 Å². The van der Waals surface area contributed by atoms with Crippen molar-refractivity contribution in [3.63, 3.8) is 0 Å². The fraction of sp³-hybridized carbons (Fsp3) is 0.533. The first-order valence-corrected chi connectivity index (χ1v) is 6.81. The van der Waals surface area contributed by atoms with Crippen LogP contribution in [0.1, 0.15) is 19.8 Å². The molecule has 1 aliphatic heterocycles. The van der Waals surface area contributed by atoms with Crippen LogP contribution in [-0.4, -0.2) is 33.1 Å². The summed E-state index contributed by atoms with van der Waals surface area (Å²) in [5, 5.41) is 6.33. The van der Waals surface area contributed by atoms with Gasteiger partial charge >= 0.3 is 0 Å². The standard InChI is InChI=1S/C15H23N3O/c1-15(8-10-16-11-9-15)14(19)17-12-4-6-13(7-5-12)18(2)3/h4-7,16H,8-11H2,1-3H3,(H,17,19). The number of carbonyl (C=O) groups excluding carboxylic acids is 1. The Labute approximate surface area is 115 Å². The first-order valence-electron chi connectivity index (χ1n) is 6.81. The normalized spacial score (nSPS) is 17.8. The highest BCUT2D eigenvalue weighted by Crippen LogP contribution is 2.29. The molecule has 0 aromatic heterocycles. The number of anilines is 2. The molecule has 0 radical (unpaired) electrons. The Hall–Kier alpha value is -1.55. The average Bonchev–Trinajstić information content (AvgIpc) is 2.40. The van der Waals surface area contributed by atoms with Crippen molar-refractivity contribution >= 4 is 17.3 Å². The summed E-state index contributed by atoms with van der Waals surface area (Å²) in [6.45, 7) is 3.89. The van der Waals surface area contributed by atoms with Crippen LogP contribution in [0.5, 0.6) is 0 Å². The fourth-order valence-corrected chi connectivity index (χ4v) is 2.33. The van der Waals surface area contributed by atoms with E-state index in [1.807, 2.05) is 43.3 Å². The van der Waals surface area contributed by atoms with Gasteiger partial charge in [0.25, 0.3) is 0 Å². The van der Waals surface area contributed by atoms with Crippen LogP contribution in [0.15, 0.2) is 24.3 Å². The van der Waals surface area contributed by atoms with Gasteiger partial charge in [-0.2, -0.15) is 0 Å². The van der Waals surface area contributed by atoms with Crippen LogP contribution in [-0.2, 0) is 4.79 Å². The van der Waals surface area contributed by atoms with Gasteiger partial charge in [-0.3, -0.25) is 4.79 Å². The van der Waals surface area contributed by atoms with Gasteiger partial charge in [0.2, 0.25) is 5.91 Å². The molecule has 1 saturated heterocycles. The molecule has 1 amide bonds. The maximum Gasteiger partial charge on any atom is 0.230 e. The van der Waals surface area contributed by atoms with Gasteiger partial charge in [0.05, 0.1) is 0 Å². The number of hydrogen-bond acceptors (Lipinski definition) is 3. The van der Waals surface area contributed by atoms with E-state index < -0.39 is 0 Å². The zero-order valence-corrected chi connectivity index (χ0v) is 12.0. The fourth-order valence-electron chi connectivity index (χ4n) is 2.33. The molecule has 1 fully saturated rings. The third-order valence-corrected chi connectivity index (χ3v) is 3.90. The molecule has 0 saturated carbocycles. The van der Waals surface area contributed by atoms with Crippen LogP contribution in [0.25, 0.3) is 0 Å². The lowest BCUT2D eigenvalue weighted by molar-refractivity contribution is -0.126. The van der Waals surface area contributed by atoms with Gasteiger partial charge in [-0.1, -0.05) is 6.92 Å². The summed E-state index contributed by atoms with van der Waals surface area (Å²) in [7, 11) is 4.01. The van der Waals surface area contributed by atoms with E-state index in [0.29, 0.717) is 0 Å². The maximum atomic E-state index is 12.4. The highest BCUT2D eigenvalue weighted by Gasteiger charge is 2.34. The van der Waals surface area contributed by atoms with Crippen molar-refractivity contribution in [1.29, 1.82) is 0 Å². The quantitative estimate of drug-likeness (QED) is 0.875. The number of benzene rings is 1. The Morgan fingerprint density at radius 3 is 2.32 bits per heavy atom. The molecule has 0 bridgehead atoms. The highest BCUT2D eigenvalue weighted by atomic mass is 16.2. The zero-order valence-electron chi connectivity index (χ0n) is 12.0. The second-order valence-electron chi connectivity index (χ2n) is 5.71. The second kappa shape index (κ2) is 5.61. The number of amides is 1. The monoisotopic (exact) mass is 261 g/mol. The Kier molecular flexibility index (Phi) is 4.10. The minimum absolute atomic E-state index is 0.131. The molecular weight excluding hydrogens is 238 g/mol. The lowest BCUT2D eigenvalue weighted by Crippen LogP contribution is -2.42. The summed E-state index contributed by atoms with van der Waals surface area (Å²) in [4.78, 5) is 14.4. The molecule has 0 spiro atoms. The van der Waals surface area contributed by atoms with Gasteiger partial charge in [-0.05, 0) is 50.2 Å². The number of hydrogen-bond donors (Lipinski definition) is 2. The van der Waals surface area contributed by atoms with Gasteiger partial charge in [-0.15, -0.1) is 0 Å². The van der Waals surface area contributed by atoms with E-state index in [-0.39, 0.29) is 11.3 Å². The van der Waals surface area contributed by atoms with E-state index in [2.05, 4.69) is 17.6 Å². The molecule has 2 N–H and O–H groups in total. The van der Waals surface area contributed by atoms with Crippen LogP contribution in [0.2, 0.25) is 0 Å². The minimum Gasteiger partial charge on any atom is -0.378 e. The Morgan fingerprint density at radius 2 is 1.79 bits per heavy atom. The van der Waals surface area contributed by atoms with Crippen molar-refractivity contribution in [1.82, 2.24) is 5.32 Å². The molecule has 0 unspecified atom stereocenters. The van der Waals surface area contributed by atoms with Crippen molar-refractivity contribution in [3.8, 4) is 0 Å². The smallest absolute Gasteiger partial charge is 0.230 e. The molecule has 0 aliphatic carbocycles. The van der Waals surface area contributed by atoms with E-state index in [1.54, 1.807) is 0 Å². The third-order valence-electron chi connectivity index (χ3n) is 3.90. The van der Waals surface area contributed by atoms with Crippen molar-refractivity contribution < 1.29 is 4.79 Å². The second-order valence-corrected chi connectivity index (χ2v) is 5.71. The zero-order chi connectivity index (χ0) is 13.9. The van der Waals surface area contributed by atoms with E-state index in [0.717, 1.165) is 37.3 Å². The predicted molar refractivity (Wildman–Crippen MR) is 79.6 cm³/mol. The molecule has 1 aliphatic rings. The van der Waals surface area contributed by atoms with E-state index in [1.165, 1.54) is 0 Å². The van der Waals surface area contributed by atoms with Crippen molar-refractivity contribution in [2.24, 2.45) is 5.41 Å². The molecule has 4 nitrogen and oxygen atoms in total. The lowest BCUT2D eigenvalue weighted by atomic mass is 9.80. The summed E-state index contributed by atoms with van der Waals surface area (Å²) < 4.78 is 0. The minimum atomic E-state index is -0.245. The Balaban J connectivity index is 2.02. The molecule has 1 aromatic carbocycles. The molecule has 4 heteroatoms. The van der Waals surface area contributed by atoms with Gasteiger partial charge in [0.15, 0.2) is 0 Å². The van der Waals surface area contributed by atoms with Gasteiger partial charge in [0, 0.05) is 30.9 Å². The van der Waals surface area contributed by atoms with Crippen LogP contribution in [0, 0.1) is 5.41 Å². The van der Waals surface area contributed by atoms with Crippen molar-refractivity contribution in [2.45, 2.75) is 19.8 Å². The van der Waals surface area contributed by atoms with E-state index >= 15 is 0 Å². The summed E-state index contributed by atoms with van der Waals surface area (Å²) in [5.74, 6) is 0.131. The summed E-state index contributed by atoms with van der Waals surface area (Å²) >= 11 is 0. The number of nitrogens with one attached hydrogen (secondary N) is 2. The molecule has 1 heterocycles. The maximum absolute atomic E-state index is 12.4. The van der Waals surface area contributed by atoms with Crippen molar-refractivity contribution in [3.05, 3.63) is 24.3 Å². The largest absolute Gasteiger partial charge is 0.378 e. The molecule has 104 valence electrons. The SMILES string of the molecule is CN(C)c1ccc(NC(=O)C2(C)CCNCC2)cc1. The summed E-state index contributed by atoms with van der Waals surface area (Å²) in [5.41, 5.74) is 1.76. The number of piperidine rings is 1. The predicted octanol–water partition coefficient (Wildman–Crippen LogP) is 2.08. The van der Waals surface area contributed by atoms with Crippen molar-refractivity contribution in [2.75, 3.05) is 37.4 Å². The van der Waals surface area contributed by atoms with Gasteiger partial charge < -0.3 is 15.5 Å². The number of nitrogens with zero attached hydrogens (tertiary/aromatic N) is 1. The Bertz CT molecular complexity index is 433. The first kappa shape index (κ1) is 13.9. The lowest BCUT2D eigenvalue weighted by Gasteiger charge is -2.32. The topological polar surface area (TPSA) is 44.4 Å². The molecular formula is C15H23N3O. The van der Waals surface area contributed by atoms with Crippen LogP contribution >= 0.6 is 0 Å². The van der Waals surface area contributed by atoms with Crippen LogP contribution in [0.4, 0.5) is 11.4 Å². The first-order chi connectivity index (χ1) is 9.01. The molecule has 0 atom stereocenters. The van der Waals surface area contributed by atoms with E-state index in [9.17, 15) is 4.79 Å². The van der Waals surface area contributed by atoms with E-state index in [4.69, 9.17) is 0 Å². The Morgan fingerprint density at radius 1 is 1.21 bits per heavy atom. The molecule has 2 rings (SSSR count). The summed E-state index contributed by atoms with van der Waals surface area (Å²) in [6, 6.07) is 7.94. The summed E-state index contributed by atoms with van der Waals surface area (Å²) in [6.07, 6.45) is 1.79. The third kappa shape index (κ3) is 3.26.